The highest BCUT2D eigenvalue weighted by Crippen LogP contribution is 2.31. The molecule has 0 unspecified atom stereocenters. The zero-order valence-electron chi connectivity index (χ0n) is 14.4. The van der Waals surface area contributed by atoms with E-state index in [1.165, 1.54) is 37.3 Å². The first-order valence-electron chi connectivity index (χ1n) is 9.26. The molecule has 4 rings (SSSR count). The van der Waals surface area contributed by atoms with Crippen LogP contribution in [0.3, 0.4) is 0 Å². The number of ether oxygens (including phenoxy) is 1. The van der Waals surface area contributed by atoms with Gasteiger partial charge in [-0.1, -0.05) is 6.42 Å². The molecule has 6 heteroatoms. The Kier molecular flexibility index (Phi) is 4.61. The Hall–Kier alpha value is -2.08. The molecule has 0 atom stereocenters. The van der Waals surface area contributed by atoms with Crippen LogP contribution in [0.2, 0.25) is 0 Å². The predicted octanol–water partition coefficient (Wildman–Crippen LogP) is 1.61. The van der Waals surface area contributed by atoms with E-state index < -0.39 is 0 Å². The highest BCUT2D eigenvalue weighted by atomic mass is 16.5. The van der Waals surface area contributed by atoms with Crippen LogP contribution in [0.25, 0.3) is 0 Å². The molecule has 1 aliphatic carbocycles. The highest BCUT2D eigenvalue weighted by molar-refractivity contribution is 5.98. The number of nitrogens with zero attached hydrogens (tertiary/aromatic N) is 2. The van der Waals surface area contributed by atoms with Gasteiger partial charge in [-0.2, -0.15) is 0 Å². The minimum absolute atomic E-state index is 0.110. The average molecular weight is 343 g/mol. The molecule has 2 heterocycles. The van der Waals surface area contributed by atoms with Gasteiger partial charge < -0.3 is 19.9 Å². The van der Waals surface area contributed by atoms with Crippen LogP contribution >= 0.6 is 0 Å². The third-order valence-corrected chi connectivity index (χ3v) is 5.47. The van der Waals surface area contributed by atoms with Gasteiger partial charge in [-0.3, -0.25) is 9.59 Å². The summed E-state index contributed by atoms with van der Waals surface area (Å²) in [6, 6.07) is 7.95. The molecule has 0 radical (unpaired) electrons. The van der Waals surface area contributed by atoms with Gasteiger partial charge in [-0.05, 0) is 50.2 Å². The van der Waals surface area contributed by atoms with E-state index in [0.29, 0.717) is 11.6 Å². The van der Waals surface area contributed by atoms with Gasteiger partial charge in [0.2, 0.25) is 5.91 Å². The molecule has 6 nitrogen and oxygen atoms in total. The monoisotopic (exact) mass is 343 g/mol. The second kappa shape index (κ2) is 7.04. The molecule has 3 fully saturated rings. The Morgan fingerprint density at radius 2 is 1.80 bits per heavy atom. The van der Waals surface area contributed by atoms with E-state index in [2.05, 4.69) is 10.2 Å². The number of amides is 2. The van der Waals surface area contributed by atoms with Gasteiger partial charge in [0.15, 0.2) is 0 Å². The molecule has 25 heavy (non-hydrogen) atoms. The third kappa shape index (κ3) is 3.63. The lowest BCUT2D eigenvalue weighted by atomic mass is 9.86. The van der Waals surface area contributed by atoms with Crippen molar-refractivity contribution in [1.82, 2.24) is 15.1 Å². The van der Waals surface area contributed by atoms with Crippen LogP contribution in [0.4, 0.5) is 0 Å². The van der Waals surface area contributed by atoms with Crippen LogP contribution in [-0.2, 0) is 4.79 Å². The zero-order chi connectivity index (χ0) is 17.2. The van der Waals surface area contributed by atoms with Gasteiger partial charge >= 0.3 is 0 Å². The Morgan fingerprint density at radius 1 is 1.08 bits per heavy atom. The lowest BCUT2D eigenvalue weighted by Crippen LogP contribution is -2.50. The first-order chi connectivity index (χ1) is 12.2. The minimum Gasteiger partial charge on any atom is -0.490 e. The number of nitrogens with one attached hydrogen (secondary N) is 1. The number of hydrogen-bond acceptors (Lipinski definition) is 4. The summed E-state index contributed by atoms with van der Waals surface area (Å²) in [5.74, 6) is 0.578. The number of carbonyl (C=O) groups is 2. The maximum atomic E-state index is 12.3. The van der Waals surface area contributed by atoms with Gasteiger partial charge in [-0.25, -0.2) is 0 Å². The van der Waals surface area contributed by atoms with E-state index in [1.807, 2.05) is 12.1 Å². The fourth-order valence-electron chi connectivity index (χ4n) is 3.88. The SMILES string of the molecule is O=C1CN(C(=O)c2ccc(OC3CC(N4CCCCC4)C3)cc2)CN1. The quantitative estimate of drug-likeness (QED) is 0.902. The number of likely N-dealkylation sites (tertiary alicyclic amines) is 1. The van der Waals surface area contributed by atoms with Crippen molar-refractivity contribution < 1.29 is 14.3 Å². The topological polar surface area (TPSA) is 61.9 Å². The summed E-state index contributed by atoms with van der Waals surface area (Å²) in [6.07, 6.45) is 6.51. The molecule has 1 N–H and O–H groups in total. The molecule has 0 aromatic heterocycles. The average Bonchev–Trinajstić information content (AvgIpc) is 3.05. The summed E-state index contributed by atoms with van der Waals surface area (Å²) < 4.78 is 6.03. The zero-order valence-corrected chi connectivity index (χ0v) is 14.4. The van der Waals surface area contributed by atoms with Crippen molar-refractivity contribution in [3.63, 3.8) is 0 Å². The van der Waals surface area contributed by atoms with E-state index in [1.54, 1.807) is 12.1 Å². The summed E-state index contributed by atoms with van der Waals surface area (Å²) in [7, 11) is 0. The molecule has 1 aromatic rings. The van der Waals surface area contributed by atoms with Gasteiger partial charge in [0.25, 0.3) is 5.91 Å². The van der Waals surface area contributed by atoms with Crippen LogP contribution in [0, 0.1) is 0 Å². The Bertz CT molecular complexity index is 634. The van der Waals surface area contributed by atoms with Crippen LogP contribution < -0.4 is 10.1 Å². The van der Waals surface area contributed by atoms with E-state index >= 15 is 0 Å². The molecule has 0 spiro atoms. The Morgan fingerprint density at radius 3 is 2.44 bits per heavy atom. The van der Waals surface area contributed by atoms with Crippen molar-refractivity contribution in [3.05, 3.63) is 29.8 Å². The molecule has 3 aliphatic rings. The molecule has 2 saturated heterocycles. The normalized spacial score (nSPS) is 26.9. The number of hydrogen-bond donors (Lipinski definition) is 1. The first-order valence-corrected chi connectivity index (χ1v) is 9.26. The summed E-state index contributed by atoms with van der Waals surface area (Å²) in [5, 5.41) is 2.64. The van der Waals surface area contributed by atoms with Gasteiger partial charge in [0.1, 0.15) is 18.4 Å². The smallest absolute Gasteiger partial charge is 0.255 e. The maximum absolute atomic E-state index is 12.3. The van der Waals surface area contributed by atoms with Crippen LogP contribution in [-0.4, -0.2) is 60.1 Å². The van der Waals surface area contributed by atoms with Crippen molar-refractivity contribution in [2.45, 2.75) is 44.2 Å². The van der Waals surface area contributed by atoms with Crippen LogP contribution in [0.1, 0.15) is 42.5 Å². The fourth-order valence-corrected chi connectivity index (χ4v) is 3.88. The lowest BCUT2D eigenvalue weighted by Gasteiger charge is -2.44. The molecule has 134 valence electrons. The number of rotatable bonds is 4. The minimum atomic E-state index is -0.126. The maximum Gasteiger partial charge on any atom is 0.255 e. The standard InChI is InChI=1S/C19H25N3O3/c23-18-12-22(13-20-18)19(24)14-4-6-16(7-5-14)25-17-10-15(11-17)21-8-2-1-3-9-21/h4-7,15,17H,1-3,8-13H2,(H,20,23). The second-order valence-corrected chi connectivity index (χ2v) is 7.25. The second-order valence-electron chi connectivity index (χ2n) is 7.25. The highest BCUT2D eigenvalue weighted by Gasteiger charge is 2.35. The van der Waals surface area contributed by atoms with Gasteiger partial charge in [-0.15, -0.1) is 0 Å². The predicted molar refractivity (Wildman–Crippen MR) is 93.4 cm³/mol. The summed E-state index contributed by atoms with van der Waals surface area (Å²) in [4.78, 5) is 27.6. The third-order valence-electron chi connectivity index (χ3n) is 5.47. The Balaban J connectivity index is 1.27. The van der Waals surface area contributed by atoms with E-state index in [-0.39, 0.29) is 31.1 Å². The van der Waals surface area contributed by atoms with Crippen LogP contribution in [0.5, 0.6) is 5.75 Å². The molecule has 2 amide bonds. The molecule has 1 aromatic carbocycles. The first kappa shape index (κ1) is 16.4. The van der Waals surface area contributed by atoms with Crippen molar-refractivity contribution in [3.8, 4) is 5.75 Å². The summed E-state index contributed by atoms with van der Waals surface area (Å²) in [6.45, 7) is 2.90. The molecule has 2 aliphatic heterocycles. The molecular weight excluding hydrogens is 318 g/mol. The van der Waals surface area contributed by atoms with E-state index in [9.17, 15) is 9.59 Å². The number of benzene rings is 1. The molecular formula is C19H25N3O3. The van der Waals surface area contributed by atoms with Gasteiger partial charge in [0, 0.05) is 24.4 Å². The summed E-state index contributed by atoms with van der Waals surface area (Å²) in [5.41, 5.74) is 0.587. The Labute approximate surface area is 148 Å². The van der Waals surface area contributed by atoms with Crippen molar-refractivity contribution in [2.24, 2.45) is 0 Å². The lowest BCUT2D eigenvalue weighted by molar-refractivity contribution is -0.118. The molecule has 0 bridgehead atoms. The van der Waals surface area contributed by atoms with Crippen molar-refractivity contribution >= 4 is 11.8 Å². The summed E-state index contributed by atoms with van der Waals surface area (Å²) >= 11 is 0. The van der Waals surface area contributed by atoms with Gasteiger partial charge in [0.05, 0.1) is 6.67 Å². The van der Waals surface area contributed by atoms with E-state index in [0.717, 1.165) is 18.6 Å². The van der Waals surface area contributed by atoms with Crippen molar-refractivity contribution in [1.29, 1.82) is 0 Å². The van der Waals surface area contributed by atoms with Crippen molar-refractivity contribution in [2.75, 3.05) is 26.3 Å². The van der Waals surface area contributed by atoms with Crippen LogP contribution in [0.15, 0.2) is 24.3 Å². The van der Waals surface area contributed by atoms with E-state index in [4.69, 9.17) is 4.74 Å². The fraction of sp³-hybridized carbons (Fsp3) is 0.579. The number of carbonyl (C=O) groups excluding carboxylic acids is 2. The largest absolute Gasteiger partial charge is 0.490 e. The molecule has 1 saturated carbocycles. The number of piperidine rings is 1.